The molecule has 156 valence electrons. The van der Waals surface area contributed by atoms with Crippen molar-refractivity contribution in [1.29, 1.82) is 0 Å². The number of nitrogens with one attached hydrogen (secondary N) is 1. The second-order valence-corrected chi connectivity index (χ2v) is 7.55. The van der Waals surface area contributed by atoms with E-state index in [-0.39, 0.29) is 35.3 Å². The van der Waals surface area contributed by atoms with Crippen molar-refractivity contribution < 1.29 is 22.8 Å². The fourth-order valence-electron chi connectivity index (χ4n) is 4.08. The molecule has 1 aromatic carbocycles. The summed E-state index contributed by atoms with van der Waals surface area (Å²) in [5.41, 5.74) is 0.353. The van der Waals surface area contributed by atoms with Crippen molar-refractivity contribution in [2.24, 2.45) is 17.8 Å². The van der Waals surface area contributed by atoms with Gasteiger partial charge in [-0.3, -0.25) is 14.6 Å². The maximum atomic E-state index is 12.9. The third-order valence-corrected chi connectivity index (χ3v) is 5.65. The van der Waals surface area contributed by atoms with Crippen LogP contribution < -0.4 is 10.2 Å². The van der Waals surface area contributed by atoms with Crippen molar-refractivity contribution in [2.45, 2.75) is 12.6 Å². The highest BCUT2D eigenvalue weighted by Gasteiger charge is 2.61. The van der Waals surface area contributed by atoms with Crippen LogP contribution in [0.15, 0.2) is 54.9 Å². The molecule has 3 unspecified atom stereocenters. The Labute approximate surface area is 171 Å². The topological polar surface area (TPSA) is 62.3 Å². The molecule has 5 nitrogen and oxygen atoms in total. The number of rotatable bonds is 6. The first-order valence-electron chi connectivity index (χ1n) is 9.69. The van der Waals surface area contributed by atoms with Gasteiger partial charge in [-0.15, -0.1) is 0 Å². The maximum absolute atomic E-state index is 12.9. The number of benzene rings is 1. The van der Waals surface area contributed by atoms with Gasteiger partial charge < -0.3 is 10.2 Å². The molecule has 1 N–H and O–H groups in total. The van der Waals surface area contributed by atoms with Crippen molar-refractivity contribution in [3.63, 3.8) is 0 Å². The number of piperidine rings is 1. The fourth-order valence-corrected chi connectivity index (χ4v) is 4.08. The zero-order chi connectivity index (χ0) is 21.3. The molecule has 2 heterocycles. The van der Waals surface area contributed by atoms with Crippen LogP contribution in [0.1, 0.15) is 17.5 Å². The lowest BCUT2D eigenvalue weighted by Crippen LogP contribution is -2.31. The molecular weight excluding hydrogens is 395 g/mol. The molecular formula is C22H20F3N3O2. The number of fused-ring (bicyclic) bond motifs is 1. The second-order valence-electron chi connectivity index (χ2n) is 7.55. The van der Waals surface area contributed by atoms with Gasteiger partial charge in [0.1, 0.15) is 0 Å². The minimum atomic E-state index is -4.44. The zero-order valence-corrected chi connectivity index (χ0v) is 16.0. The van der Waals surface area contributed by atoms with Crippen LogP contribution in [0.2, 0.25) is 0 Å². The molecule has 2 fully saturated rings. The molecule has 0 bridgehead atoms. The van der Waals surface area contributed by atoms with Gasteiger partial charge in [-0.2, -0.15) is 13.2 Å². The quantitative estimate of drug-likeness (QED) is 0.735. The van der Waals surface area contributed by atoms with E-state index in [1.54, 1.807) is 24.5 Å². The van der Waals surface area contributed by atoms with E-state index < -0.39 is 11.7 Å². The number of alkyl halides is 3. The number of halogens is 3. The summed E-state index contributed by atoms with van der Waals surface area (Å²) in [6.45, 7) is 0.870. The number of hydrogen-bond acceptors (Lipinski definition) is 3. The highest BCUT2D eigenvalue weighted by Crippen LogP contribution is 2.55. The van der Waals surface area contributed by atoms with E-state index in [9.17, 15) is 22.8 Å². The lowest BCUT2D eigenvalue weighted by Gasteiger charge is -2.21. The number of carbonyl (C=O) groups excluding carboxylic acids is 2. The van der Waals surface area contributed by atoms with E-state index in [4.69, 9.17) is 0 Å². The van der Waals surface area contributed by atoms with Crippen molar-refractivity contribution in [3.05, 3.63) is 66.0 Å². The molecule has 8 heteroatoms. The standard InChI is InChI=1S/C22H20F3N3O2/c23-22(24,25)15-4-1-5-16(11-15)28-13-18-17(20(18)21(28)30)8-10-27-19(29)7-6-14-3-2-9-26-12-14/h1-7,9,11-12,17-18,20H,8,10,13H2,(H,27,29)/b7-6+. The summed E-state index contributed by atoms with van der Waals surface area (Å²) < 4.78 is 38.7. The third kappa shape index (κ3) is 4.22. The molecule has 2 aromatic rings. The predicted octanol–water partition coefficient (Wildman–Crippen LogP) is 3.53. The van der Waals surface area contributed by atoms with Crippen LogP contribution in [-0.2, 0) is 15.8 Å². The summed E-state index contributed by atoms with van der Waals surface area (Å²) in [6, 6.07) is 8.49. The predicted molar refractivity (Wildman–Crippen MR) is 105 cm³/mol. The molecule has 1 aliphatic heterocycles. The number of hydrogen-bond donors (Lipinski definition) is 1. The van der Waals surface area contributed by atoms with E-state index in [1.165, 1.54) is 23.1 Å². The third-order valence-electron chi connectivity index (χ3n) is 5.65. The van der Waals surface area contributed by atoms with Crippen LogP contribution in [0, 0.1) is 17.8 Å². The van der Waals surface area contributed by atoms with Gasteiger partial charge in [-0.05, 0) is 54.2 Å². The Morgan fingerprint density at radius 1 is 1.27 bits per heavy atom. The normalized spacial score (nSPS) is 23.0. The smallest absolute Gasteiger partial charge is 0.353 e. The van der Waals surface area contributed by atoms with E-state index in [2.05, 4.69) is 10.3 Å². The first-order valence-corrected chi connectivity index (χ1v) is 9.69. The largest absolute Gasteiger partial charge is 0.416 e. The maximum Gasteiger partial charge on any atom is 0.416 e. The lowest BCUT2D eigenvalue weighted by molar-refractivity contribution is -0.137. The number of aromatic nitrogens is 1. The average molecular weight is 415 g/mol. The van der Waals surface area contributed by atoms with Gasteiger partial charge in [0, 0.05) is 43.2 Å². The first-order chi connectivity index (χ1) is 14.3. The summed E-state index contributed by atoms with van der Waals surface area (Å²) in [4.78, 5) is 29.9. The van der Waals surface area contributed by atoms with Gasteiger partial charge in [0.15, 0.2) is 0 Å². The minimum Gasteiger partial charge on any atom is -0.353 e. The average Bonchev–Trinajstić information content (AvgIpc) is 3.30. The number of nitrogens with zero attached hydrogens (tertiary/aromatic N) is 2. The Hall–Kier alpha value is -3.16. The van der Waals surface area contributed by atoms with Gasteiger partial charge >= 0.3 is 6.18 Å². The molecule has 0 spiro atoms. The molecule has 4 rings (SSSR count). The molecule has 3 atom stereocenters. The molecule has 1 saturated heterocycles. The number of anilines is 1. The summed E-state index contributed by atoms with van der Waals surface area (Å²) in [5, 5.41) is 2.80. The van der Waals surface area contributed by atoms with E-state index in [1.807, 2.05) is 6.07 Å². The molecule has 30 heavy (non-hydrogen) atoms. The zero-order valence-electron chi connectivity index (χ0n) is 16.0. The van der Waals surface area contributed by atoms with Gasteiger partial charge in [0.05, 0.1) is 5.56 Å². The van der Waals surface area contributed by atoms with Gasteiger partial charge in [-0.1, -0.05) is 12.1 Å². The minimum absolute atomic E-state index is 0.132. The van der Waals surface area contributed by atoms with E-state index in [0.29, 0.717) is 19.5 Å². The monoisotopic (exact) mass is 415 g/mol. The highest BCUT2D eigenvalue weighted by atomic mass is 19.4. The highest BCUT2D eigenvalue weighted by molar-refractivity contribution is 6.00. The molecule has 0 radical (unpaired) electrons. The van der Waals surface area contributed by atoms with Crippen LogP contribution in [0.25, 0.3) is 6.08 Å². The Morgan fingerprint density at radius 3 is 2.77 bits per heavy atom. The lowest BCUT2D eigenvalue weighted by atomic mass is 10.1. The summed E-state index contributed by atoms with van der Waals surface area (Å²) in [5.74, 6) is -0.215. The van der Waals surface area contributed by atoms with Crippen LogP contribution >= 0.6 is 0 Å². The van der Waals surface area contributed by atoms with Crippen molar-refractivity contribution in [2.75, 3.05) is 18.0 Å². The first kappa shape index (κ1) is 20.1. The number of carbonyl (C=O) groups is 2. The van der Waals surface area contributed by atoms with E-state index >= 15 is 0 Å². The summed E-state index contributed by atoms with van der Waals surface area (Å²) in [6.07, 6.45) is 2.64. The Bertz CT molecular complexity index is 975. The number of pyridine rings is 1. The van der Waals surface area contributed by atoms with Crippen LogP contribution in [0.5, 0.6) is 0 Å². The van der Waals surface area contributed by atoms with Gasteiger partial charge in [0.2, 0.25) is 11.8 Å². The second kappa shape index (κ2) is 7.93. The fraction of sp³-hybridized carbons (Fsp3) is 0.318. The van der Waals surface area contributed by atoms with Crippen LogP contribution in [-0.4, -0.2) is 29.9 Å². The molecule has 1 saturated carbocycles. The van der Waals surface area contributed by atoms with Gasteiger partial charge in [-0.25, -0.2) is 0 Å². The van der Waals surface area contributed by atoms with Crippen molar-refractivity contribution >= 4 is 23.6 Å². The van der Waals surface area contributed by atoms with Crippen LogP contribution in [0.3, 0.4) is 0 Å². The number of amides is 2. The van der Waals surface area contributed by atoms with Crippen molar-refractivity contribution in [3.8, 4) is 0 Å². The summed E-state index contributed by atoms with van der Waals surface area (Å²) >= 11 is 0. The summed E-state index contributed by atoms with van der Waals surface area (Å²) in [7, 11) is 0. The Balaban J connectivity index is 1.25. The van der Waals surface area contributed by atoms with Crippen LogP contribution in [0.4, 0.5) is 18.9 Å². The molecule has 1 aliphatic carbocycles. The Kier molecular flexibility index (Phi) is 5.32. The molecule has 1 aromatic heterocycles. The molecule has 2 amide bonds. The van der Waals surface area contributed by atoms with Gasteiger partial charge in [0.25, 0.3) is 0 Å². The SMILES string of the molecule is O=C(/C=C/c1cccnc1)NCCC1C2CN(c3cccc(C(F)(F)F)c3)C(=O)C12. The molecule has 2 aliphatic rings. The van der Waals surface area contributed by atoms with E-state index in [0.717, 1.165) is 17.7 Å². The Morgan fingerprint density at radius 2 is 2.10 bits per heavy atom. The van der Waals surface area contributed by atoms with Crippen molar-refractivity contribution in [1.82, 2.24) is 10.3 Å².